The van der Waals surface area contributed by atoms with Crippen molar-refractivity contribution in [1.82, 2.24) is 9.55 Å². The summed E-state index contributed by atoms with van der Waals surface area (Å²) in [6.45, 7) is 2.57. The predicted octanol–water partition coefficient (Wildman–Crippen LogP) is 2.08. The van der Waals surface area contributed by atoms with E-state index in [0.717, 1.165) is 22.2 Å². The molecule has 10 rings (SSSR count). The Balaban J connectivity index is 0.000000177. The average Bonchev–Trinajstić information content (AvgIpc) is 3.66. The van der Waals surface area contributed by atoms with Crippen LogP contribution in [-0.4, -0.2) is 107 Å². The number of aliphatic hydroxyl groups is 4. The Kier molecular flexibility index (Phi) is 10.8. The number of aromatic nitrogens is 2. The van der Waals surface area contributed by atoms with Crippen molar-refractivity contribution in [2.75, 3.05) is 13.7 Å². The number of hydrogen-bond acceptors (Lipinski definition) is 17. The van der Waals surface area contributed by atoms with Gasteiger partial charge in [0.1, 0.15) is 36.1 Å². The number of nitrogens with two attached hydrogens (primary N) is 1. The highest BCUT2D eigenvalue weighted by atomic mass is 16.7. The number of ether oxygens (including phenoxy) is 4. The highest BCUT2D eigenvalue weighted by Crippen LogP contribution is 2.52. The van der Waals surface area contributed by atoms with E-state index in [9.17, 15) is 54.6 Å². The van der Waals surface area contributed by atoms with Gasteiger partial charge in [-0.05, 0) is 37.6 Å². The highest BCUT2D eigenvalue weighted by Gasteiger charge is 2.50. The maximum absolute atomic E-state index is 13.6. The van der Waals surface area contributed by atoms with Gasteiger partial charge in [-0.25, -0.2) is 9.78 Å². The smallest absolute Gasteiger partial charge is 0.343 e. The molecule has 0 bridgehead atoms. The molecule has 1 saturated heterocycles. The van der Waals surface area contributed by atoms with Crippen LogP contribution < -0.4 is 16.0 Å². The van der Waals surface area contributed by atoms with Gasteiger partial charge in [-0.3, -0.25) is 19.2 Å². The molecule has 1 fully saturated rings. The second-order valence-electron chi connectivity index (χ2n) is 17.0. The normalized spacial score (nSPS) is 26.1. The fourth-order valence-corrected chi connectivity index (χ4v) is 9.68. The first-order valence-corrected chi connectivity index (χ1v) is 21.0. The van der Waals surface area contributed by atoms with E-state index in [0.29, 0.717) is 23.4 Å². The molecule has 5 heterocycles. The minimum Gasteiger partial charge on any atom is -0.507 e. The highest BCUT2D eigenvalue weighted by molar-refractivity contribution is 6.31. The molecule has 5 aromatic rings. The number of benzene rings is 3. The number of cyclic esters (lactones) is 1. The number of carbonyl (C=O) groups is 4. The molecule has 338 valence electrons. The molecule has 65 heavy (non-hydrogen) atoms. The number of rotatable bonds is 6. The van der Waals surface area contributed by atoms with Gasteiger partial charge in [-0.2, -0.15) is 0 Å². The summed E-state index contributed by atoms with van der Waals surface area (Å²) in [6.07, 6.45) is -4.98. The number of aromatic hydroxyl groups is 2. The van der Waals surface area contributed by atoms with Crippen molar-refractivity contribution >= 4 is 34.2 Å². The lowest BCUT2D eigenvalue weighted by Gasteiger charge is -2.42. The van der Waals surface area contributed by atoms with Gasteiger partial charge in [-0.15, -0.1) is 0 Å². The van der Waals surface area contributed by atoms with Crippen molar-refractivity contribution in [3.05, 3.63) is 115 Å². The van der Waals surface area contributed by atoms with E-state index in [4.69, 9.17) is 29.7 Å². The van der Waals surface area contributed by atoms with Crippen LogP contribution in [0.1, 0.15) is 98.9 Å². The SMILES string of the molecule is CC[C@@]1(O)C(=O)OCc2c1cc1n(c2=O)Cc2cc3ccccc3nc2-1.COc1cccc2c1C(=O)c1c(O)c3c(c(O)c1C2=O)C[C@@](O)(C(=O)CO)C[C@@H]3O[C@H]1C[C@H](N)[C@H](O)[C@H](C)O1. The van der Waals surface area contributed by atoms with Crippen LogP contribution in [0.25, 0.3) is 22.3 Å². The number of carbonyl (C=O) groups excluding carboxylic acids is 4. The number of hydrogen-bond donors (Lipinski definition) is 7. The molecule has 0 saturated carbocycles. The fraction of sp³-hybridized carbons (Fsp3) is 0.362. The van der Waals surface area contributed by atoms with Crippen LogP contribution in [0.2, 0.25) is 0 Å². The zero-order valence-electron chi connectivity index (χ0n) is 35.4. The zero-order chi connectivity index (χ0) is 46.4. The van der Waals surface area contributed by atoms with Crippen LogP contribution in [0.15, 0.2) is 59.4 Å². The van der Waals surface area contributed by atoms with Crippen molar-refractivity contribution in [2.24, 2.45) is 5.73 Å². The summed E-state index contributed by atoms with van der Waals surface area (Å²) in [7, 11) is 1.32. The molecule has 2 aromatic heterocycles. The van der Waals surface area contributed by atoms with E-state index in [1.807, 2.05) is 30.3 Å². The van der Waals surface area contributed by atoms with Crippen molar-refractivity contribution in [3.63, 3.8) is 0 Å². The number of aliphatic hydroxyl groups excluding tert-OH is 2. The van der Waals surface area contributed by atoms with Gasteiger partial charge in [0.05, 0.1) is 71.1 Å². The lowest BCUT2D eigenvalue weighted by molar-refractivity contribution is -0.247. The number of para-hydroxylation sites is 1. The summed E-state index contributed by atoms with van der Waals surface area (Å²) in [4.78, 5) is 69.6. The van der Waals surface area contributed by atoms with E-state index in [1.54, 1.807) is 24.5 Å². The first kappa shape index (κ1) is 43.9. The monoisotopic (exact) mass is 891 g/mol. The number of phenols is 2. The number of pyridine rings is 2. The summed E-state index contributed by atoms with van der Waals surface area (Å²) in [5.41, 5.74) is 4.19. The Labute approximate surface area is 369 Å². The summed E-state index contributed by atoms with van der Waals surface area (Å²) < 4.78 is 23.7. The molecular weight excluding hydrogens is 847 g/mol. The molecule has 7 atom stereocenters. The minimum atomic E-state index is -2.24. The molecule has 5 aliphatic rings. The first-order valence-electron chi connectivity index (χ1n) is 21.0. The molecule has 0 spiro atoms. The third-order valence-electron chi connectivity index (χ3n) is 13.2. The van der Waals surface area contributed by atoms with E-state index in [-0.39, 0.29) is 53.0 Å². The van der Waals surface area contributed by atoms with Crippen LogP contribution in [0.3, 0.4) is 0 Å². The summed E-state index contributed by atoms with van der Waals surface area (Å²) in [6, 6.07) is 15.2. The second-order valence-corrected chi connectivity index (χ2v) is 17.0. The predicted molar refractivity (Wildman–Crippen MR) is 226 cm³/mol. The maximum atomic E-state index is 13.6. The molecule has 0 amide bonds. The molecule has 3 aliphatic heterocycles. The second kappa shape index (κ2) is 15.9. The van der Waals surface area contributed by atoms with Gasteiger partial charge < -0.3 is 59.9 Å². The van der Waals surface area contributed by atoms with E-state index in [1.165, 1.54) is 25.3 Å². The number of ketones is 3. The Hall–Kier alpha value is -6.38. The number of methoxy groups -OCH3 is 1. The topological polar surface area (TPSA) is 287 Å². The number of phenolic OH excluding ortho intramolecular Hbond substituents is 2. The third-order valence-corrected chi connectivity index (χ3v) is 13.2. The van der Waals surface area contributed by atoms with Crippen LogP contribution in [0.4, 0.5) is 0 Å². The van der Waals surface area contributed by atoms with Crippen molar-refractivity contribution in [3.8, 4) is 28.6 Å². The van der Waals surface area contributed by atoms with Gasteiger partial charge in [0.2, 0.25) is 5.78 Å². The van der Waals surface area contributed by atoms with Gasteiger partial charge in [-0.1, -0.05) is 37.3 Å². The van der Waals surface area contributed by atoms with Gasteiger partial charge >= 0.3 is 5.97 Å². The van der Waals surface area contributed by atoms with Gasteiger partial charge in [0.25, 0.3) is 5.56 Å². The van der Waals surface area contributed by atoms with Crippen molar-refractivity contribution in [1.29, 1.82) is 0 Å². The van der Waals surface area contributed by atoms with Gasteiger partial charge in [0.15, 0.2) is 23.5 Å². The molecule has 18 nitrogen and oxygen atoms in total. The molecule has 3 aromatic carbocycles. The number of Topliss-reactive ketones (excluding diaryl/α,β-unsaturated/α-hetero) is 1. The number of esters is 1. The van der Waals surface area contributed by atoms with E-state index in [2.05, 4.69) is 0 Å². The van der Waals surface area contributed by atoms with Crippen LogP contribution in [0, 0.1) is 0 Å². The molecule has 2 aliphatic carbocycles. The van der Waals surface area contributed by atoms with E-state index >= 15 is 0 Å². The van der Waals surface area contributed by atoms with Crippen LogP contribution in [0.5, 0.6) is 17.2 Å². The molecule has 0 unspecified atom stereocenters. The Morgan fingerprint density at radius 2 is 1.72 bits per heavy atom. The largest absolute Gasteiger partial charge is 0.507 e. The lowest BCUT2D eigenvalue weighted by Crippen LogP contribution is -2.53. The number of fused-ring (bicyclic) bond motifs is 8. The minimum absolute atomic E-state index is 0.0173. The molecule has 18 heteroatoms. The standard InChI is InChI=1S/C27H29NO11.C20H16N2O4/c1-10-22(31)13(28)6-17(38-10)39-15-8-27(36,16(30)9-29)7-12-19(15)26(35)21-20(24(12)33)23(32)11-4-3-5-14(37-2)18(11)25(21)34;1-2-20(25)14-8-16-17-12(7-11-5-3-4-6-15(11)21-17)9-22(16)18(23)13(14)10-26-19(20)24/h3-5,10,13,15,17,22,29,31,33,35-36H,6-9,28H2,1-2H3;3-8,25H,2,9-10H2,1H3/t10-,13-,15-,17-,22+,27-;20-/m00/s1. The molecule has 8 N–H and O–H groups in total. The van der Waals surface area contributed by atoms with Gasteiger partial charge in [0, 0.05) is 58.5 Å². The summed E-state index contributed by atoms with van der Waals surface area (Å²) >= 11 is 0. The van der Waals surface area contributed by atoms with E-state index < -0.39 is 107 Å². The third kappa shape index (κ3) is 6.74. The summed E-state index contributed by atoms with van der Waals surface area (Å²) in [5.74, 6) is -4.48. The summed E-state index contributed by atoms with van der Waals surface area (Å²) in [5, 5.41) is 65.5. The van der Waals surface area contributed by atoms with Crippen LogP contribution in [-0.2, 0) is 49.0 Å². The molecular formula is C47H45N3O15. The Morgan fingerprint density at radius 3 is 2.43 bits per heavy atom. The quantitative estimate of drug-likeness (QED) is 0.0929. The number of nitrogens with zero attached hydrogens (tertiary/aromatic N) is 2. The zero-order valence-corrected chi connectivity index (χ0v) is 35.4. The Bertz CT molecular complexity index is 2940. The van der Waals surface area contributed by atoms with Crippen molar-refractivity contribution in [2.45, 2.75) is 94.5 Å². The lowest BCUT2D eigenvalue weighted by atomic mass is 9.72. The average molecular weight is 892 g/mol. The van der Waals surface area contributed by atoms with Crippen LogP contribution >= 0.6 is 0 Å². The maximum Gasteiger partial charge on any atom is 0.343 e. The Morgan fingerprint density at radius 1 is 0.985 bits per heavy atom. The van der Waals surface area contributed by atoms with Crippen molar-refractivity contribution < 1.29 is 68.8 Å². The molecule has 0 radical (unpaired) electrons. The fourth-order valence-electron chi connectivity index (χ4n) is 9.68. The first-order chi connectivity index (χ1) is 31.0.